The van der Waals surface area contributed by atoms with E-state index in [1.165, 1.54) is 37.3 Å². The lowest BCUT2D eigenvalue weighted by atomic mass is 9.55. The van der Waals surface area contributed by atoms with E-state index in [4.69, 9.17) is 16.5 Å². The Morgan fingerprint density at radius 3 is 2.32 bits per heavy atom. The molecule has 4 atom stereocenters. The first-order valence-corrected chi connectivity index (χ1v) is 12.6. The van der Waals surface area contributed by atoms with Crippen molar-refractivity contribution < 1.29 is 9.59 Å². The summed E-state index contributed by atoms with van der Waals surface area (Å²) in [5.41, 5.74) is 11.2. The van der Waals surface area contributed by atoms with Crippen LogP contribution < -0.4 is 11.5 Å². The number of hydrogen-bond donors (Lipinski definition) is 2. The van der Waals surface area contributed by atoms with E-state index in [0.717, 1.165) is 42.8 Å². The predicted octanol–water partition coefficient (Wildman–Crippen LogP) is 2.82. The maximum absolute atomic E-state index is 13.5. The van der Waals surface area contributed by atoms with Crippen molar-refractivity contribution in [1.82, 2.24) is 9.88 Å². The number of likely N-dealkylation sites (tertiary alicyclic amines) is 1. The first-order chi connectivity index (χ1) is 14.8. The fourth-order valence-corrected chi connectivity index (χ4v) is 8.57. The average molecular weight is 443 g/mol. The molecule has 0 aromatic carbocycles. The molecule has 2 amide bonds. The zero-order chi connectivity index (χ0) is 22.0. The number of aromatic nitrogens is 1. The summed E-state index contributed by atoms with van der Waals surface area (Å²) in [5, 5.41) is 0.705. The maximum atomic E-state index is 13.5. The molecule has 1 saturated heterocycles. The van der Waals surface area contributed by atoms with Crippen LogP contribution in [0.15, 0.2) is 12.2 Å². The van der Waals surface area contributed by atoms with Gasteiger partial charge < -0.3 is 16.4 Å². The first-order valence-electron chi connectivity index (χ1n) is 11.8. The number of nitrogens with two attached hydrogens (primary N) is 2. The molecule has 1 spiro atoms. The molecule has 0 radical (unpaired) electrons. The zero-order valence-corrected chi connectivity index (χ0v) is 19.5. The normalized spacial score (nSPS) is 35.3. The van der Waals surface area contributed by atoms with Crippen LogP contribution in [0.1, 0.15) is 60.5 Å². The van der Waals surface area contributed by atoms with Crippen LogP contribution in [0.4, 0.5) is 0 Å². The molecular weight excluding hydrogens is 408 g/mol. The van der Waals surface area contributed by atoms with Crippen LogP contribution in [-0.2, 0) is 15.0 Å². The highest BCUT2D eigenvalue weighted by Gasteiger charge is 2.83. The maximum Gasteiger partial charge on any atom is 0.232 e. The molecule has 3 aliphatic carbocycles. The van der Waals surface area contributed by atoms with Gasteiger partial charge in [0.2, 0.25) is 11.8 Å². The van der Waals surface area contributed by atoms with E-state index in [1.807, 2.05) is 13.8 Å². The van der Waals surface area contributed by atoms with Crippen molar-refractivity contribution in [3.63, 3.8) is 0 Å². The number of hydrogen-bond acceptors (Lipinski definition) is 5. The Hall–Kier alpha value is -1.73. The number of primary amides is 2. The molecule has 1 aromatic heterocycles. The largest absolute Gasteiger partial charge is 0.369 e. The summed E-state index contributed by atoms with van der Waals surface area (Å²) in [5.74, 6) is -0.909. The molecule has 0 unspecified atom stereocenters. The van der Waals surface area contributed by atoms with E-state index in [0.29, 0.717) is 11.4 Å². The van der Waals surface area contributed by atoms with Gasteiger partial charge in [-0.3, -0.25) is 9.59 Å². The molecule has 5 rings (SSSR count). The Labute approximate surface area is 188 Å². The number of rotatable bonds is 8. The SMILES string of the molecule is Cc1nc([C@]2(C(N)=O)[C@H]3C=C[C@H](C34CC4)[C@@]2(CCCCN2CCCC2)C(N)=O)sc1C. The number of aryl methyl sites for hydroxylation is 2. The van der Waals surface area contributed by atoms with Gasteiger partial charge >= 0.3 is 0 Å². The van der Waals surface area contributed by atoms with E-state index in [9.17, 15) is 9.59 Å². The summed E-state index contributed by atoms with van der Waals surface area (Å²) in [4.78, 5) is 35.3. The molecular formula is C24H34N4O2S. The topological polar surface area (TPSA) is 102 Å². The quantitative estimate of drug-likeness (QED) is 0.477. The van der Waals surface area contributed by atoms with Gasteiger partial charge in [0.05, 0.1) is 11.1 Å². The van der Waals surface area contributed by atoms with Crippen LogP contribution in [0.5, 0.6) is 0 Å². The summed E-state index contributed by atoms with van der Waals surface area (Å²) < 4.78 is 0. The van der Waals surface area contributed by atoms with Crippen molar-refractivity contribution in [3.05, 3.63) is 27.7 Å². The van der Waals surface area contributed by atoms with Crippen molar-refractivity contribution in [2.75, 3.05) is 19.6 Å². The molecule has 2 saturated carbocycles. The van der Waals surface area contributed by atoms with E-state index < -0.39 is 16.7 Å². The van der Waals surface area contributed by atoms with Gasteiger partial charge in [-0.1, -0.05) is 18.6 Å². The Kier molecular flexibility index (Phi) is 4.87. The van der Waals surface area contributed by atoms with Crippen LogP contribution >= 0.6 is 11.3 Å². The van der Waals surface area contributed by atoms with E-state index in [-0.39, 0.29) is 23.2 Å². The number of carbonyl (C=O) groups is 2. The van der Waals surface area contributed by atoms with Crippen LogP contribution in [0, 0.1) is 36.5 Å². The Morgan fingerprint density at radius 1 is 1.10 bits per heavy atom. The van der Waals surface area contributed by atoms with Crippen molar-refractivity contribution in [1.29, 1.82) is 0 Å². The van der Waals surface area contributed by atoms with Gasteiger partial charge in [-0.25, -0.2) is 4.98 Å². The van der Waals surface area contributed by atoms with Crippen LogP contribution in [0.25, 0.3) is 0 Å². The van der Waals surface area contributed by atoms with E-state index in [2.05, 4.69) is 17.1 Å². The Bertz CT molecular complexity index is 926. The second-order valence-corrected chi connectivity index (χ2v) is 11.5. The number of thiazole rings is 1. The molecule has 6 nitrogen and oxygen atoms in total. The highest BCUT2D eigenvalue weighted by molar-refractivity contribution is 7.12. The summed E-state index contributed by atoms with van der Waals surface area (Å²) in [6.07, 6.45) is 11.4. The molecule has 2 bridgehead atoms. The summed E-state index contributed by atoms with van der Waals surface area (Å²) >= 11 is 1.52. The number of unbranched alkanes of at least 4 members (excludes halogenated alkanes) is 1. The fourth-order valence-electron chi connectivity index (χ4n) is 7.33. The molecule has 2 heterocycles. The third-order valence-corrected chi connectivity index (χ3v) is 10.2. The smallest absolute Gasteiger partial charge is 0.232 e. The Balaban J connectivity index is 1.57. The minimum Gasteiger partial charge on any atom is -0.369 e. The monoisotopic (exact) mass is 442 g/mol. The molecule has 31 heavy (non-hydrogen) atoms. The lowest BCUT2D eigenvalue weighted by molar-refractivity contribution is -0.143. The number of carbonyl (C=O) groups excluding carboxylic acids is 2. The lowest BCUT2D eigenvalue weighted by Crippen LogP contribution is -2.62. The summed E-state index contributed by atoms with van der Waals surface area (Å²) in [6.45, 7) is 7.36. The zero-order valence-electron chi connectivity index (χ0n) is 18.7. The highest BCUT2D eigenvalue weighted by atomic mass is 32.1. The van der Waals surface area contributed by atoms with Gasteiger partial charge in [0, 0.05) is 10.8 Å². The second kappa shape index (κ2) is 7.14. The minimum absolute atomic E-state index is 0.0219. The van der Waals surface area contributed by atoms with Crippen molar-refractivity contribution in [2.24, 2.45) is 34.1 Å². The molecule has 4 N–H and O–H groups in total. The second-order valence-electron chi connectivity index (χ2n) is 10.2. The lowest BCUT2D eigenvalue weighted by Gasteiger charge is -2.46. The van der Waals surface area contributed by atoms with Crippen molar-refractivity contribution >= 4 is 23.2 Å². The standard InChI is InChI=1S/C24H34N4O2S/c1-15-16(2)31-21(27-15)24(20(26)30)18-8-7-17(22(18)10-11-22)23(24,19(25)29)9-3-4-12-28-13-5-6-14-28/h7-8,17-18H,3-6,9-14H2,1-2H3,(H2,25,29)(H2,26,30)/t17-,18+,23+,24-/m1/s1. The third-order valence-electron chi connectivity index (χ3n) is 8.95. The van der Waals surface area contributed by atoms with Gasteiger partial charge in [0.1, 0.15) is 10.4 Å². The number of nitrogens with zero attached hydrogens (tertiary/aromatic N) is 2. The van der Waals surface area contributed by atoms with Crippen LogP contribution in [-0.4, -0.2) is 41.3 Å². The predicted molar refractivity (Wildman–Crippen MR) is 121 cm³/mol. The fraction of sp³-hybridized carbons (Fsp3) is 0.708. The molecule has 7 heteroatoms. The summed E-state index contributed by atoms with van der Waals surface area (Å²) in [6, 6.07) is 0. The Morgan fingerprint density at radius 2 is 1.77 bits per heavy atom. The molecule has 3 fully saturated rings. The van der Waals surface area contributed by atoms with Crippen molar-refractivity contribution in [2.45, 2.75) is 64.2 Å². The minimum atomic E-state index is -1.13. The van der Waals surface area contributed by atoms with E-state index in [1.54, 1.807) is 0 Å². The van der Waals surface area contributed by atoms with Crippen LogP contribution in [0.3, 0.4) is 0 Å². The average Bonchev–Trinajstić information content (AvgIpc) is 2.99. The van der Waals surface area contributed by atoms with Crippen LogP contribution in [0.2, 0.25) is 0 Å². The highest BCUT2D eigenvalue weighted by Crippen LogP contribution is 2.80. The third kappa shape index (κ3) is 2.62. The van der Waals surface area contributed by atoms with Crippen molar-refractivity contribution in [3.8, 4) is 0 Å². The number of amides is 2. The van der Waals surface area contributed by atoms with Gasteiger partial charge in [-0.2, -0.15) is 0 Å². The summed E-state index contributed by atoms with van der Waals surface area (Å²) in [7, 11) is 0. The molecule has 4 aliphatic rings. The van der Waals surface area contributed by atoms with Gasteiger partial charge in [0.15, 0.2) is 0 Å². The van der Waals surface area contributed by atoms with E-state index >= 15 is 0 Å². The van der Waals surface area contributed by atoms with Gasteiger partial charge in [0.25, 0.3) is 0 Å². The van der Waals surface area contributed by atoms with Gasteiger partial charge in [-0.05, 0) is 83.3 Å². The number of allylic oxidation sites excluding steroid dienone is 2. The molecule has 1 aliphatic heterocycles. The molecule has 168 valence electrons. The molecule has 1 aromatic rings. The first kappa shape index (κ1) is 21.1. The van der Waals surface area contributed by atoms with Gasteiger partial charge in [-0.15, -0.1) is 11.3 Å².